The molecule has 0 aliphatic carbocycles. The Kier molecular flexibility index (Phi) is 6.00. The summed E-state index contributed by atoms with van der Waals surface area (Å²) in [5, 5.41) is 3.14. The zero-order valence-corrected chi connectivity index (χ0v) is 17.5. The largest absolute Gasteiger partial charge is 0.368 e. The Morgan fingerprint density at radius 2 is 1.83 bits per heavy atom. The highest BCUT2D eigenvalue weighted by Crippen LogP contribution is 2.24. The first-order valence-electron chi connectivity index (χ1n) is 10.6. The molecule has 0 spiro atoms. The number of para-hydroxylation sites is 1. The van der Waals surface area contributed by atoms with E-state index in [0.717, 1.165) is 57.1 Å². The molecule has 1 atom stereocenters. The van der Waals surface area contributed by atoms with Crippen molar-refractivity contribution in [1.29, 1.82) is 0 Å². The molecule has 6 heteroatoms. The minimum absolute atomic E-state index is 0.109. The van der Waals surface area contributed by atoms with Gasteiger partial charge in [-0.15, -0.1) is 0 Å². The van der Waals surface area contributed by atoms with Gasteiger partial charge in [0.1, 0.15) is 5.82 Å². The number of benzene rings is 1. The standard InChI is InChI=1S/C23H31N5O/c1-18-6-3-4-8-21(18)27-12-14-28(15-13-27)22-19(7-5-10-24-22)16-25-23(29)20-9-11-26(2)17-20/h3-8,10,20H,9,11-17H2,1-2H3,(H,25,29). The molecule has 2 fully saturated rings. The third-order valence-corrected chi connectivity index (χ3v) is 6.12. The van der Waals surface area contributed by atoms with Crippen LogP contribution >= 0.6 is 0 Å². The summed E-state index contributed by atoms with van der Waals surface area (Å²) in [6.07, 6.45) is 2.80. The highest BCUT2D eigenvalue weighted by molar-refractivity contribution is 5.79. The van der Waals surface area contributed by atoms with Crippen LogP contribution in [-0.4, -0.2) is 62.1 Å². The number of hydrogen-bond donors (Lipinski definition) is 1. The van der Waals surface area contributed by atoms with Crippen molar-refractivity contribution in [3.8, 4) is 0 Å². The first kappa shape index (κ1) is 19.7. The van der Waals surface area contributed by atoms with E-state index in [1.165, 1.54) is 11.3 Å². The number of likely N-dealkylation sites (tertiary alicyclic amines) is 1. The van der Waals surface area contributed by atoms with E-state index < -0.39 is 0 Å². The fourth-order valence-electron chi connectivity index (χ4n) is 4.41. The molecule has 154 valence electrons. The molecule has 3 heterocycles. The molecule has 2 aromatic rings. The van der Waals surface area contributed by atoms with Crippen LogP contribution in [-0.2, 0) is 11.3 Å². The lowest BCUT2D eigenvalue weighted by Crippen LogP contribution is -2.47. The number of amides is 1. The van der Waals surface area contributed by atoms with E-state index in [-0.39, 0.29) is 11.8 Å². The molecule has 0 bridgehead atoms. The van der Waals surface area contributed by atoms with Crippen LogP contribution in [0, 0.1) is 12.8 Å². The predicted octanol–water partition coefficient (Wildman–Crippen LogP) is 2.28. The van der Waals surface area contributed by atoms with Crippen LogP contribution in [0.25, 0.3) is 0 Å². The smallest absolute Gasteiger partial charge is 0.224 e. The molecule has 1 amide bonds. The van der Waals surface area contributed by atoms with Crippen molar-refractivity contribution >= 4 is 17.4 Å². The molecular formula is C23H31N5O. The molecule has 1 unspecified atom stereocenters. The Balaban J connectivity index is 1.37. The highest BCUT2D eigenvalue weighted by atomic mass is 16.1. The van der Waals surface area contributed by atoms with Crippen molar-refractivity contribution in [2.45, 2.75) is 19.9 Å². The average molecular weight is 394 g/mol. The van der Waals surface area contributed by atoms with Crippen molar-refractivity contribution in [3.63, 3.8) is 0 Å². The highest BCUT2D eigenvalue weighted by Gasteiger charge is 2.26. The van der Waals surface area contributed by atoms with Crippen molar-refractivity contribution in [1.82, 2.24) is 15.2 Å². The third kappa shape index (κ3) is 4.53. The summed E-state index contributed by atoms with van der Waals surface area (Å²) in [6, 6.07) is 12.6. The van der Waals surface area contributed by atoms with Gasteiger partial charge in [0.15, 0.2) is 0 Å². The van der Waals surface area contributed by atoms with Gasteiger partial charge in [0.2, 0.25) is 5.91 Å². The van der Waals surface area contributed by atoms with Crippen molar-refractivity contribution in [2.75, 3.05) is 56.1 Å². The zero-order valence-electron chi connectivity index (χ0n) is 17.5. The molecule has 6 nitrogen and oxygen atoms in total. The summed E-state index contributed by atoms with van der Waals surface area (Å²) in [4.78, 5) is 24.2. The number of nitrogens with zero attached hydrogens (tertiary/aromatic N) is 4. The molecule has 0 radical (unpaired) electrons. The number of carbonyl (C=O) groups excluding carboxylic acids is 1. The van der Waals surface area contributed by atoms with Crippen LogP contribution in [0.5, 0.6) is 0 Å². The number of anilines is 2. The van der Waals surface area contributed by atoms with Crippen molar-refractivity contribution in [2.24, 2.45) is 5.92 Å². The van der Waals surface area contributed by atoms with Gasteiger partial charge in [0.05, 0.1) is 5.92 Å². The van der Waals surface area contributed by atoms with Gasteiger partial charge in [-0.1, -0.05) is 24.3 Å². The Bertz CT molecular complexity index is 847. The number of hydrogen-bond acceptors (Lipinski definition) is 5. The molecule has 0 saturated carbocycles. The lowest BCUT2D eigenvalue weighted by Gasteiger charge is -2.38. The SMILES string of the molecule is Cc1ccccc1N1CCN(c2ncccc2CNC(=O)C2CCN(C)C2)CC1. The topological polar surface area (TPSA) is 51.7 Å². The maximum Gasteiger partial charge on any atom is 0.224 e. The third-order valence-electron chi connectivity index (χ3n) is 6.12. The predicted molar refractivity (Wildman–Crippen MR) is 117 cm³/mol. The van der Waals surface area contributed by atoms with Gasteiger partial charge in [-0.2, -0.15) is 0 Å². The normalized spacial score (nSPS) is 20.1. The molecule has 29 heavy (non-hydrogen) atoms. The summed E-state index contributed by atoms with van der Waals surface area (Å²) < 4.78 is 0. The fraction of sp³-hybridized carbons (Fsp3) is 0.478. The summed E-state index contributed by atoms with van der Waals surface area (Å²) >= 11 is 0. The molecule has 2 aliphatic rings. The number of rotatable bonds is 5. The van der Waals surface area contributed by atoms with Gasteiger partial charge in [-0.05, 0) is 44.6 Å². The Morgan fingerprint density at radius 1 is 1.07 bits per heavy atom. The minimum Gasteiger partial charge on any atom is -0.368 e. The van der Waals surface area contributed by atoms with Crippen LogP contribution in [0.2, 0.25) is 0 Å². The number of carbonyl (C=O) groups is 1. The van der Waals surface area contributed by atoms with E-state index in [1.807, 2.05) is 12.3 Å². The molecule has 1 aromatic heterocycles. The quantitative estimate of drug-likeness (QED) is 0.845. The number of aryl methyl sites for hydroxylation is 1. The summed E-state index contributed by atoms with van der Waals surface area (Å²) in [5.74, 6) is 1.27. The van der Waals surface area contributed by atoms with Gasteiger partial charge in [0.25, 0.3) is 0 Å². The lowest BCUT2D eigenvalue weighted by atomic mass is 10.1. The maximum absolute atomic E-state index is 12.5. The number of piperazine rings is 1. The van der Waals surface area contributed by atoms with Gasteiger partial charge in [0, 0.05) is 56.7 Å². The average Bonchev–Trinajstić information content (AvgIpc) is 3.19. The van der Waals surface area contributed by atoms with Gasteiger partial charge >= 0.3 is 0 Å². The van der Waals surface area contributed by atoms with Crippen LogP contribution in [0.3, 0.4) is 0 Å². The second-order valence-electron chi connectivity index (χ2n) is 8.21. The van der Waals surface area contributed by atoms with Crippen LogP contribution in [0.1, 0.15) is 17.5 Å². The molecular weight excluding hydrogens is 362 g/mol. The van der Waals surface area contributed by atoms with Gasteiger partial charge < -0.3 is 20.0 Å². The van der Waals surface area contributed by atoms with Crippen LogP contribution < -0.4 is 15.1 Å². The van der Waals surface area contributed by atoms with E-state index in [9.17, 15) is 4.79 Å². The van der Waals surface area contributed by atoms with E-state index in [2.05, 4.69) is 69.3 Å². The lowest BCUT2D eigenvalue weighted by molar-refractivity contribution is -0.124. The summed E-state index contributed by atoms with van der Waals surface area (Å²) in [7, 11) is 2.07. The van der Waals surface area contributed by atoms with Gasteiger partial charge in [-0.25, -0.2) is 4.98 Å². The molecule has 4 rings (SSSR count). The molecule has 1 aromatic carbocycles. The Morgan fingerprint density at radius 3 is 2.55 bits per heavy atom. The van der Waals surface area contributed by atoms with E-state index in [0.29, 0.717) is 6.54 Å². The molecule has 2 saturated heterocycles. The van der Waals surface area contributed by atoms with Crippen LogP contribution in [0.15, 0.2) is 42.6 Å². The van der Waals surface area contributed by atoms with Gasteiger partial charge in [-0.3, -0.25) is 4.79 Å². The number of aromatic nitrogens is 1. The number of nitrogens with one attached hydrogen (secondary N) is 1. The Hall–Kier alpha value is -2.60. The number of pyridine rings is 1. The first-order chi connectivity index (χ1) is 14.1. The first-order valence-corrected chi connectivity index (χ1v) is 10.6. The zero-order chi connectivity index (χ0) is 20.2. The molecule has 1 N–H and O–H groups in total. The van der Waals surface area contributed by atoms with E-state index >= 15 is 0 Å². The van der Waals surface area contributed by atoms with E-state index in [4.69, 9.17) is 0 Å². The Labute approximate surface area is 173 Å². The second kappa shape index (κ2) is 8.82. The maximum atomic E-state index is 12.5. The minimum atomic E-state index is 0.109. The molecule has 2 aliphatic heterocycles. The van der Waals surface area contributed by atoms with E-state index in [1.54, 1.807) is 0 Å². The summed E-state index contributed by atoms with van der Waals surface area (Å²) in [6.45, 7) is 8.38. The van der Waals surface area contributed by atoms with Crippen LogP contribution in [0.4, 0.5) is 11.5 Å². The summed E-state index contributed by atoms with van der Waals surface area (Å²) in [5.41, 5.74) is 3.73. The second-order valence-corrected chi connectivity index (χ2v) is 8.21. The van der Waals surface area contributed by atoms with Crippen molar-refractivity contribution < 1.29 is 4.79 Å². The fourth-order valence-corrected chi connectivity index (χ4v) is 4.41. The van der Waals surface area contributed by atoms with Crippen molar-refractivity contribution in [3.05, 3.63) is 53.7 Å². The monoisotopic (exact) mass is 393 g/mol.